The largest absolute Gasteiger partial charge is 0.493 e. The summed E-state index contributed by atoms with van der Waals surface area (Å²) in [5.41, 5.74) is 22.4. The van der Waals surface area contributed by atoms with Crippen LogP contribution < -0.4 is 0 Å². The zero-order valence-corrected chi connectivity index (χ0v) is 37.3. The first-order valence-corrected chi connectivity index (χ1v) is 24.4. The molecule has 1 aliphatic rings. The summed E-state index contributed by atoms with van der Waals surface area (Å²) < 4.78 is 1.63. The molecule has 0 aliphatic carbocycles. The highest BCUT2D eigenvalue weighted by atomic mass is 15.2. The molecule has 0 saturated carbocycles. The Balaban J connectivity index is 1.68. The van der Waals surface area contributed by atoms with Gasteiger partial charge in [0.15, 0.2) is 0 Å². The SMILES string of the molecule is CCCCCCCCCCCCCCC=CCCc1ccccc1C1=C(CCCC)C(CCCCCCCC)=C(c2cccc(CCCCCCCC)c2)[N+]1=[N-]. The fraction of sp³-hybridized carbons (Fsp3) is 0.667. The standard InChI is InChI=1S/C54H86N2/c1-5-9-13-16-19-20-21-22-23-24-25-26-27-28-30-33-40-48-41-35-36-44-50(48)54-52(43-12-8-4)51(45-34-31-18-15-11-7-3)53(56(54)55)49-42-37-39-47(46-49)38-32-29-17-14-10-6-2/h28,30,35-37,39,41-42,44,46H,5-27,29,31-34,38,40,43,45H2,1-4H3. The van der Waals surface area contributed by atoms with E-state index in [1.54, 1.807) is 4.70 Å². The molecule has 56 heavy (non-hydrogen) atoms. The van der Waals surface area contributed by atoms with Crippen molar-refractivity contribution in [2.75, 3.05) is 0 Å². The van der Waals surface area contributed by atoms with Crippen molar-refractivity contribution in [3.63, 3.8) is 0 Å². The van der Waals surface area contributed by atoms with Gasteiger partial charge in [0.1, 0.15) is 0 Å². The van der Waals surface area contributed by atoms with Gasteiger partial charge in [-0.25, -0.2) is 4.70 Å². The third-order valence-electron chi connectivity index (χ3n) is 12.2. The summed E-state index contributed by atoms with van der Waals surface area (Å²) in [6.07, 6.45) is 46.0. The van der Waals surface area contributed by atoms with E-state index >= 15 is 0 Å². The lowest BCUT2D eigenvalue weighted by molar-refractivity contribution is -0.345. The van der Waals surface area contributed by atoms with Crippen LogP contribution in [0.5, 0.6) is 0 Å². The summed E-state index contributed by atoms with van der Waals surface area (Å²) >= 11 is 0. The van der Waals surface area contributed by atoms with Gasteiger partial charge in [-0.1, -0.05) is 211 Å². The molecule has 0 N–H and O–H groups in total. The van der Waals surface area contributed by atoms with Crippen LogP contribution in [0.4, 0.5) is 0 Å². The number of allylic oxidation sites excluding steroid dienone is 4. The van der Waals surface area contributed by atoms with Gasteiger partial charge in [-0.15, -0.1) is 0 Å². The minimum Gasteiger partial charge on any atom is -0.493 e. The van der Waals surface area contributed by atoms with Gasteiger partial charge < -0.3 is 5.53 Å². The van der Waals surface area contributed by atoms with E-state index in [9.17, 15) is 5.53 Å². The molecule has 2 heteroatoms. The van der Waals surface area contributed by atoms with Gasteiger partial charge in [0.05, 0.1) is 0 Å². The third kappa shape index (κ3) is 18.2. The highest BCUT2D eigenvalue weighted by Crippen LogP contribution is 2.45. The first-order valence-electron chi connectivity index (χ1n) is 24.4. The number of unbranched alkanes of at least 4 members (excludes halogenated alkanes) is 23. The van der Waals surface area contributed by atoms with E-state index in [4.69, 9.17) is 0 Å². The van der Waals surface area contributed by atoms with Crippen LogP contribution in [-0.2, 0) is 12.8 Å². The normalized spacial score (nSPS) is 13.3. The second-order valence-electron chi connectivity index (χ2n) is 17.2. The van der Waals surface area contributed by atoms with Crippen LogP contribution in [0.15, 0.2) is 71.8 Å². The van der Waals surface area contributed by atoms with Gasteiger partial charge in [-0.3, -0.25) is 0 Å². The lowest BCUT2D eigenvalue weighted by atomic mass is 9.90. The van der Waals surface area contributed by atoms with E-state index in [-0.39, 0.29) is 0 Å². The topological polar surface area (TPSA) is 25.3 Å². The Hall–Kier alpha value is -2.74. The molecule has 0 spiro atoms. The van der Waals surface area contributed by atoms with Crippen molar-refractivity contribution in [1.82, 2.24) is 0 Å². The lowest BCUT2D eigenvalue weighted by Gasteiger charge is -2.13. The number of nitrogens with zero attached hydrogens (tertiary/aromatic N) is 2. The van der Waals surface area contributed by atoms with Gasteiger partial charge in [-0.2, -0.15) is 0 Å². The van der Waals surface area contributed by atoms with Crippen molar-refractivity contribution in [1.29, 1.82) is 0 Å². The Labute approximate surface area is 347 Å². The number of benzene rings is 2. The van der Waals surface area contributed by atoms with E-state index in [2.05, 4.69) is 88.4 Å². The van der Waals surface area contributed by atoms with Crippen LogP contribution in [0.1, 0.15) is 243 Å². The molecule has 0 fully saturated rings. The van der Waals surface area contributed by atoms with E-state index in [1.807, 2.05) is 0 Å². The minimum absolute atomic E-state index is 0.999. The van der Waals surface area contributed by atoms with E-state index in [0.29, 0.717) is 0 Å². The van der Waals surface area contributed by atoms with Gasteiger partial charge in [-0.05, 0) is 93.5 Å². The average molecular weight is 763 g/mol. The quantitative estimate of drug-likeness (QED) is 0.0380. The van der Waals surface area contributed by atoms with Crippen molar-refractivity contribution in [3.8, 4) is 0 Å². The van der Waals surface area contributed by atoms with Crippen molar-refractivity contribution >= 4 is 11.4 Å². The minimum atomic E-state index is 0.999. The van der Waals surface area contributed by atoms with Crippen LogP contribution in [0, 0.1) is 0 Å². The summed E-state index contributed by atoms with van der Waals surface area (Å²) in [7, 11) is 0. The molecule has 0 radical (unpaired) electrons. The zero-order chi connectivity index (χ0) is 39.9. The summed E-state index contributed by atoms with van der Waals surface area (Å²) in [4.78, 5) is 0. The molecule has 3 rings (SSSR count). The molecule has 0 atom stereocenters. The molecule has 0 unspecified atom stereocenters. The van der Waals surface area contributed by atoms with Crippen LogP contribution in [0.2, 0.25) is 0 Å². The molecule has 0 saturated heterocycles. The fourth-order valence-electron chi connectivity index (χ4n) is 8.73. The number of hydrogen-bond donors (Lipinski definition) is 0. The van der Waals surface area contributed by atoms with Crippen molar-refractivity contribution in [2.45, 2.75) is 233 Å². The Kier molecular flexibility index (Phi) is 26.6. The highest BCUT2D eigenvalue weighted by molar-refractivity contribution is 5.83. The summed E-state index contributed by atoms with van der Waals surface area (Å²) in [5, 5.41) is 0. The molecule has 312 valence electrons. The molecule has 2 nitrogen and oxygen atoms in total. The third-order valence-corrected chi connectivity index (χ3v) is 12.2. The van der Waals surface area contributed by atoms with Gasteiger partial charge in [0.2, 0.25) is 11.4 Å². The molecular formula is C54H86N2. The van der Waals surface area contributed by atoms with E-state index in [1.165, 1.54) is 194 Å². The van der Waals surface area contributed by atoms with E-state index < -0.39 is 0 Å². The predicted octanol–water partition coefficient (Wildman–Crippen LogP) is 18.3. The van der Waals surface area contributed by atoms with Crippen LogP contribution in [0.3, 0.4) is 0 Å². The molecule has 2 aromatic carbocycles. The maximum Gasteiger partial charge on any atom is 0.211 e. The van der Waals surface area contributed by atoms with Crippen LogP contribution in [0.25, 0.3) is 16.9 Å². The Bertz CT molecular complexity index is 1420. The Morgan fingerprint density at radius 1 is 0.429 bits per heavy atom. The van der Waals surface area contributed by atoms with Crippen LogP contribution in [-0.4, -0.2) is 4.70 Å². The van der Waals surface area contributed by atoms with Crippen molar-refractivity contribution in [3.05, 3.63) is 99.6 Å². The predicted molar refractivity (Wildman–Crippen MR) is 248 cm³/mol. The maximum atomic E-state index is 12.4. The zero-order valence-electron chi connectivity index (χ0n) is 37.3. The van der Waals surface area contributed by atoms with Crippen molar-refractivity contribution in [2.24, 2.45) is 0 Å². The average Bonchev–Trinajstić information content (AvgIpc) is 3.49. The molecule has 2 aromatic rings. The highest BCUT2D eigenvalue weighted by Gasteiger charge is 2.36. The maximum absolute atomic E-state index is 12.4. The molecule has 1 heterocycles. The summed E-state index contributed by atoms with van der Waals surface area (Å²) in [5.74, 6) is 0. The lowest BCUT2D eigenvalue weighted by Crippen LogP contribution is -2.05. The first-order chi connectivity index (χ1) is 27.7. The fourth-order valence-corrected chi connectivity index (χ4v) is 8.73. The van der Waals surface area contributed by atoms with Crippen LogP contribution >= 0.6 is 0 Å². The molecule has 0 aromatic heterocycles. The smallest absolute Gasteiger partial charge is 0.211 e. The van der Waals surface area contributed by atoms with Gasteiger partial charge >= 0.3 is 0 Å². The second kappa shape index (κ2) is 31.3. The number of aryl methyl sites for hydroxylation is 2. The number of hydrogen-bond acceptors (Lipinski definition) is 0. The number of rotatable bonds is 35. The van der Waals surface area contributed by atoms with Crippen molar-refractivity contribution < 1.29 is 4.70 Å². The van der Waals surface area contributed by atoms with Gasteiger partial charge in [0, 0.05) is 22.3 Å². The first kappa shape index (κ1) is 47.6. The monoisotopic (exact) mass is 763 g/mol. The Morgan fingerprint density at radius 3 is 1.52 bits per heavy atom. The molecule has 1 aliphatic heterocycles. The van der Waals surface area contributed by atoms with Gasteiger partial charge in [0.25, 0.3) is 0 Å². The second-order valence-corrected chi connectivity index (χ2v) is 17.2. The Morgan fingerprint density at radius 2 is 0.911 bits per heavy atom. The molecule has 0 amide bonds. The summed E-state index contributed by atoms with van der Waals surface area (Å²) in [6.45, 7) is 9.19. The van der Waals surface area contributed by atoms with E-state index in [0.717, 1.165) is 56.3 Å². The summed E-state index contributed by atoms with van der Waals surface area (Å²) in [6, 6.07) is 18.1. The molecular weight excluding hydrogens is 677 g/mol. The molecule has 0 bridgehead atoms.